The summed E-state index contributed by atoms with van der Waals surface area (Å²) in [7, 11) is 0. The van der Waals surface area contributed by atoms with Gasteiger partial charge in [-0.05, 0) is 54.3 Å². The Morgan fingerprint density at radius 3 is 2.47 bits per heavy atom. The molecular formula is C31H36N6O. The first kappa shape index (κ1) is 24.5. The van der Waals surface area contributed by atoms with Gasteiger partial charge in [0, 0.05) is 54.4 Å². The molecule has 0 unspecified atom stereocenters. The summed E-state index contributed by atoms with van der Waals surface area (Å²) in [5.41, 5.74) is 7.33. The summed E-state index contributed by atoms with van der Waals surface area (Å²) in [4.78, 5) is 17.3. The lowest BCUT2D eigenvalue weighted by Crippen LogP contribution is -2.36. The van der Waals surface area contributed by atoms with Crippen LogP contribution < -0.4 is 15.1 Å². The summed E-state index contributed by atoms with van der Waals surface area (Å²) in [5, 5.41) is 4.61. The van der Waals surface area contributed by atoms with Crippen molar-refractivity contribution >= 4 is 28.2 Å². The quantitative estimate of drug-likeness (QED) is 0.321. The van der Waals surface area contributed by atoms with Crippen molar-refractivity contribution in [3.8, 4) is 11.3 Å². The van der Waals surface area contributed by atoms with E-state index in [2.05, 4.69) is 105 Å². The van der Waals surface area contributed by atoms with Crippen LogP contribution in [0.2, 0.25) is 0 Å². The van der Waals surface area contributed by atoms with Crippen LogP contribution in [0.1, 0.15) is 32.3 Å². The van der Waals surface area contributed by atoms with E-state index in [9.17, 15) is 0 Å². The fraction of sp³-hybridized carbons (Fsp3) is 0.355. The molecule has 2 aromatic heterocycles. The third-order valence-corrected chi connectivity index (χ3v) is 8.00. The summed E-state index contributed by atoms with van der Waals surface area (Å²) in [5.74, 6) is 0.964. The summed E-state index contributed by atoms with van der Waals surface area (Å²) in [6.07, 6.45) is 4.19. The van der Waals surface area contributed by atoms with Gasteiger partial charge in [0.1, 0.15) is 17.8 Å². The van der Waals surface area contributed by atoms with E-state index in [1.165, 1.54) is 24.1 Å². The molecule has 2 N–H and O–H groups in total. The standard InChI is InChI=1S/C31H36N6O/c1-22(31(2,3)24-7-6-8-26(19-24)36-13-4-5-14-36)34-25-11-9-23(10-12-25)28-20-27-29(35-28)32-21-33-30(27)37-15-17-38-18-16-37/h6-12,19-21,34H,1,4-5,13-18H2,2-3H3,(H,32,33,35). The van der Waals surface area contributed by atoms with Crippen molar-refractivity contribution < 1.29 is 4.74 Å². The molecule has 38 heavy (non-hydrogen) atoms. The number of rotatable bonds is 7. The number of fused-ring (bicyclic) bond motifs is 1. The molecular weight excluding hydrogens is 472 g/mol. The molecule has 0 amide bonds. The number of aromatic nitrogens is 3. The van der Waals surface area contributed by atoms with E-state index in [1.54, 1.807) is 6.33 Å². The Morgan fingerprint density at radius 2 is 1.71 bits per heavy atom. The van der Waals surface area contributed by atoms with E-state index >= 15 is 0 Å². The Balaban J connectivity index is 1.18. The molecule has 7 nitrogen and oxygen atoms in total. The zero-order valence-electron chi connectivity index (χ0n) is 22.3. The number of ether oxygens (including phenoxy) is 1. The topological polar surface area (TPSA) is 69.3 Å². The second-order valence-corrected chi connectivity index (χ2v) is 10.8. The Morgan fingerprint density at radius 1 is 0.947 bits per heavy atom. The zero-order chi connectivity index (χ0) is 26.1. The van der Waals surface area contributed by atoms with Crippen molar-refractivity contribution in [2.45, 2.75) is 32.1 Å². The van der Waals surface area contributed by atoms with Crippen LogP contribution in [0, 0.1) is 0 Å². The number of nitrogens with zero attached hydrogens (tertiary/aromatic N) is 4. The fourth-order valence-electron chi connectivity index (χ4n) is 5.41. The van der Waals surface area contributed by atoms with Crippen LogP contribution in [-0.4, -0.2) is 54.3 Å². The van der Waals surface area contributed by atoms with Crippen molar-refractivity contribution in [2.24, 2.45) is 0 Å². The highest BCUT2D eigenvalue weighted by atomic mass is 16.5. The molecule has 0 atom stereocenters. The van der Waals surface area contributed by atoms with Crippen LogP contribution in [-0.2, 0) is 10.2 Å². The molecule has 6 rings (SSSR count). The maximum Gasteiger partial charge on any atom is 0.143 e. The lowest BCUT2D eigenvalue weighted by atomic mass is 9.81. The van der Waals surface area contributed by atoms with Gasteiger partial charge in [-0.2, -0.15) is 0 Å². The second kappa shape index (κ2) is 10.1. The van der Waals surface area contributed by atoms with Crippen LogP contribution >= 0.6 is 0 Å². The molecule has 4 aromatic rings. The Labute approximate surface area is 224 Å². The molecule has 2 aromatic carbocycles. The SMILES string of the molecule is C=C(Nc1ccc(-c2cc3c(N4CCOCC4)ncnc3[nH]2)cc1)C(C)(C)c1cccc(N2CCCC2)c1. The van der Waals surface area contributed by atoms with Crippen molar-refractivity contribution in [1.82, 2.24) is 15.0 Å². The number of hydrogen-bond donors (Lipinski definition) is 2. The maximum atomic E-state index is 5.51. The first-order valence-electron chi connectivity index (χ1n) is 13.6. The van der Waals surface area contributed by atoms with Gasteiger partial charge in [0.15, 0.2) is 0 Å². The molecule has 0 saturated carbocycles. The van der Waals surface area contributed by atoms with Gasteiger partial charge in [0.05, 0.1) is 18.6 Å². The maximum absolute atomic E-state index is 5.51. The summed E-state index contributed by atoms with van der Waals surface area (Å²) >= 11 is 0. The van der Waals surface area contributed by atoms with Gasteiger partial charge in [-0.15, -0.1) is 0 Å². The number of anilines is 3. The van der Waals surface area contributed by atoms with Crippen molar-refractivity contribution in [3.63, 3.8) is 0 Å². The van der Waals surface area contributed by atoms with Gasteiger partial charge in [-0.1, -0.05) is 44.7 Å². The summed E-state index contributed by atoms with van der Waals surface area (Å²) < 4.78 is 5.51. The predicted octanol–water partition coefficient (Wildman–Crippen LogP) is 5.97. The molecule has 196 valence electrons. The summed E-state index contributed by atoms with van der Waals surface area (Å²) in [6.45, 7) is 14.3. The van der Waals surface area contributed by atoms with Crippen LogP contribution in [0.15, 0.2) is 73.2 Å². The first-order valence-corrected chi connectivity index (χ1v) is 13.6. The molecule has 0 bridgehead atoms. The third-order valence-electron chi connectivity index (χ3n) is 8.00. The van der Waals surface area contributed by atoms with Gasteiger partial charge in [0.25, 0.3) is 0 Å². The smallest absolute Gasteiger partial charge is 0.143 e. The number of allylic oxidation sites excluding steroid dienone is 1. The van der Waals surface area contributed by atoms with Gasteiger partial charge in [0.2, 0.25) is 0 Å². The van der Waals surface area contributed by atoms with Crippen LogP contribution in [0.4, 0.5) is 17.2 Å². The minimum absolute atomic E-state index is 0.222. The Bertz CT molecular complexity index is 1430. The molecule has 4 heterocycles. The van der Waals surface area contributed by atoms with Crippen molar-refractivity contribution in [1.29, 1.82) is 0 Å². The highest BCUT2D eigenvalue weighted by molar-refractivity contribution is 5.92. The number of morpholine rings is 1. The number of aromatic amines is 1. The number of benzene rings is 2. The lowest BCUT2D eigenvalue weighted by Gasteiger charge is -2.30. The van der Waals surface area contributed by atoms with Crippen LogP contribution in [0.5, 0.6) is 0 Å². The van der Waals surface area contributed by atoms with E-state index in [-0.39, 0.29) is 5.41 Å². The predicted molar refractivity (Wildman–Crippen MR) is 156 cm³/mol. The molecule has 0 spiro atoms. The van der Waals surface area contributed by atoms with E-state index in [1.807, 2.05) is 0 Å². The lowest BCUT2D eigenvalue weighted by molar-refractivity contribution is 0.122. The fourth-order valence-corrected chi connectivity index (χ4v) is 5.41. The van der Waals surface area contributed by atoms with Crippen LogP contribution in [0.3, 0.4) is 0 Å². The van der Waals surface area contributed by atoms with Gasteiger partial charge < -0.3 is 24.8 Å². The van der Waals surface area contributed by atoms with E-state index in [4.69, 9.17) is 4.74 Å². The van der Waals surface area contributed by atoms with E-state index in [0.29, 0.717) is 0 Å². The Hall–Kier alpha value is -3.84. The monoisotopic (exact) mass is 508 g/mol. The summed E-state index contributed by atoms with van der Waals surface area (Å²) in [6, 6.07) is 19.5. The zero-order valence-corrected chi connectivity index (χ0v) is 22.3. The minimum atomic E-state index is -0.222. The molecule has 0 aliphatic carbocycles. The van der Waals surface area contributed by atoms with Gasteiger partial charge in [-0.25, -0.2) is 9.97 Å². The normalized spacial score (nSPS) is 16.3. The van der Waals surface area contributed by atoms with Crippen molar-refractivity contribution in [3.05, 3.63) is 78.8 Å². The average molecular weight is 509 g/mol. The average Bonchev–Trinajstić information content (AvgIpc) is 3.65. The molecule has 2 aliphatic rings. The number of nitrogens with one attached hydrogen (secondary N) is 2. The van der Waals surface area contributed by atoms with Crippen molar-refractivity contribution in [2.75, 3.05) is 54.5 Å². The third kappa shape index (κ3) is 4.74. The Kier molecular flexibility index (Phi) is 6.54. The first-order chi connectivity index (χ1) is 18.5. The molecule has 2 saturated heterocycles. The highest BCUT2D eigenvalue weighted by Gasteiger charge is 2.26. The van der Waals surface area contributed by atoms with Gasteiger partial charge in [-0.3, -0.25) is 0 Å². The number of hydrogen-bond acceptors (Lipinski definition) is 6. The molecule has 0 radical (unpaired) electrons. The second-order valence-electron chi connectivity index (χ2n) is 10.8. The van der Waals surface area contributed by atoms with Gasteiger partial charge >= 0.3 is 0 Å². The molecule has 7 heteroatoms. The molecule has 2 fully saturated rings. The largest absolute Gasteiger partial charge is 0.378 e. The van der Waals surface area contributed by atoms with E-state index < -0.39 is 0 Å². The highest BCUT2D eigenvalue weighted by Crippen LogP contribution is 2.35. The van der Waals surface area contributed by atoms with Crippen LogP contribution in [0.25, 0.3) is 22.3 Å². The van der Waals surface area contributed by atoms with E-state index in [0.717, 1.165) is 78.9 Å². The minimum Gasteiger partial charge on any atom is -0.378 e. The molecule has 2 aliphatic heterocycles. The number of H-pyrrole nitrogens is 1.